The zero-order valence-corrected chi connectivity index (χ0v) is 24.8. The molecule has 5 rings (SSSR count). The molecule has 3 N–H and O–H groups in total. The summed E-state index contributed by atoms with van der Waals surface area (Å²) in [5.41, 5.74) is 2.62. The highest BCUT2D eigenvalue weighted by Crippen LogP contribution is 2.34. The Balaban J connectivity index is 1.38. The normalized spacial score (nSPS) is 11.4. The summed E-state index contributed by atoms with van der Waals surface area (Å²) >= 11 is 1.45. The molecule has 5 aromatic rings. The van der Waals surface area contributed by atoms with Gasteiger partial charge in [0.25, 0.3) is 5.56 Å². The van der Waals surface area contributed by atoms with Crippen LogP contribution in [0.2, 0.25) is 0 Å². The smallest absolute Gasteiger partial charge is 0.324 e. The summed E-state index contributed by atoms with van der Waals surface area (Å²) in [5, 5.41) is 10.6. The maximum absolute atomic E-state index is 13.2. The number of hydrogen-bond donors (Lipinski definition) is 3. The Bertz CT molecular complexity index is 1830. The average molecular weight is 587 g/mol. The van der Waals surface area contributed by atoms with E-state index in [2.05, 4.69) is 51.3 Å². The van der Waals surface area contributed by atoms with Crippen molar-refractivity contribution in [3.63, 3.8) is 0 Å². The Morgan fingerprint density at radius 3 is 2.57 bits per heavy atom. The number of aromatic amines is 1. The van der Waals surface area contributed by atoms with Crippen molar-refractivity contribution in [2.45, 2.75) is 38.0 Å². The first-order valence-electron chi connectivity index (χ1n) is 13.0. The highest BCUT2D eigenvalue weighted by Gasteiger charge is 2.22. The number of nitrogens with zero attached hydrogens (tertiary/aromatic N) is 5. The van der Waals surface area contributed by atoms with Crippen LogP contribution in [-0.2, 0) is 5.41 Å². The number of anilines is 2. The zero-order valence-electron chi connectivity index (χ0n) is 24.0. The van der Waals surface area contributed by atoms with Crippen molar-refractivity contribution in [3.05, 3.63) is 76.6 Å². The molecule has 0 aliphatic carbocycles. The summed E-state index contributed by atoms with van der Waals surface area (Å²) in [6, 6.07) is 12.0. The minimum atomic E-state index is -0.439. The number of hydrogen-bond acceptors (Lipinski definition) is 9. The summed E-state index contributed by atoms with van der Waals surface area (Å²) < 4.78 is 12.9. The molecular weight excluding hydrogens is 556 g/mol. The second-order valence-electron chi connectivity index (χ2n) is 10.3. The number of benzene rings is 1. The van der Waals surface area contributed by atoms with Crippen LogP contribution in [0, 0.1) is 6.92 Å². The predicted octanol–water partition coefficient (Wildman–Crippen LogP) is 5.67. The minimum Gasteiger partial charge on any atom is -0.481 e. The number of amides is 2. The van der Waals surface area contributed by atoms with Gasteiger partial charge in [-0.2, -0.15) is 5.10 Å². The molecule has 4 aromatic heterocycles. The van der Waals surface area contributed by atoms with E-state index in [0.29, 0.717) is 51.4 Å². The van der Waals surface area contributed by atoms with Crippen molar-refractivity contribution in [2.24, 2.45) is 0 Å². The van der Waals surface area contributed by atoms with Gasteiger partial charge in [0.1, 0.15) is 22.8 Å². The second kappa shape index (κ2) is 11.5. The van der Waals surface area contributed by atoms with Gasteiger partial charge in [-0.05, 0) is 37.4 Å². The number of methoxy groups -OCH3 is 1. The van der Waals surface area contributed by atoms with Gasteiger partial charge in [0.05, 0.1) is 30.4 Å². The summed E-state index contributed by atoms with van der Waals surface area (Å²) in [6.45, 7) is 7.78. The van der Waals surface area contributed by atoms with Gasteiger partial charge >= 0.3 is 6.03 Å². The van der Waals surface area contributed by atoms with Gasteiger partial charge in [0, 0.05) is 34.7 Å². The number of urea groups is 1. The minimum absolute atomic E-state index is 0.246. The quantitative estimate of drug-likeness (QED) is 0.205. The monoisotopic (exact) mass is 586 g/mol. The zero-order chi connectivity index (χ0) is 30.0. The molecule has 216 valence electrons. The molecule has 4 heterocycles. The molecule has 0 atom stereocenters. The largest absolute Gasteiger partial charge is 0.481 e. The Morgan fingerprint density at radius 2 is 1.88 bits per heavy atom. The van der Waals surface area contributed by atoms with Gasteiger partial charge in [0.15, 0.2) is 11.4 Å². The first-order valence-corrected chi connectivity index (χ1v) is 14.2. The Morgan fingerprint density at radius 1 is 1.07 bits per heavy atom. The third-order valence-corrected chi connectivity index (χ3v) is 7.05. The van der Waals surface area contributed by atoms with Crippen molar-refractivity contribution >= 4 is 40.5 Å². The molecule has 0 radical (unpaired) electrons. The van der Waals surface area contributed by atoms with E-state index in [4.69, 9.17) is 14.6 Å². The molecule has 0 aliphatic rings. The van der Waals surface area contributed by atoms with Crippen molar-refractivity contribution in [3.8, 4) is 23.1 Å². The molecule has 1 aromatic carbocycles. The van der Waals surface area contributed by atoms with Crippen LogP contribution in [0.4, 0.5) is 16.3 Å². The van der Waals surface area contributed by atoms with Gasteiger partial charge in [-0.15, -0.1) is 11.8 Å². The molecular formula is C29H30N8O4S. The Kier molecular flexibility index (Phi) is 7.85. The molecule has 0 fully saturated rings. The number of thioether (sulfide) groups is 1. The van der Waals surface area contributed by atoms with E-state index in [-0.39, 0.29) is 11.0 Å². The van der Waals surface area contributed by atoms with Crippen LogP contribution in [0.25, 0.3) is 16.9 Å². The van der Waals surface area contributed by atoms with Crippen LogP contribution in [0.3, 0.4) is 0 Å². The van der Waals surface area contributed by atoms with Crippen molar-refractivity contribution in [1.29, 1.82) is 0 Å². The third kappa shape index (κ3) is 6.05. The lowest BCUT2D eigenvalue weighted by Gasteiger charge is -2.14. The lowest BCUT2D eigenvalue weighted by molar-refractivity contribution is 0.262. The average Bonchev–Trinajstić information content (AvgIpc) is 3.39. The van der Waals surface area contributed by atoms with Crippen LogP contribution in [0.5, 0.6) is 17.4 Å². The predicted molar refractivity (Wildman–Crippen MR) is 162 cm³/mol. The molecule has 0 saturated heterocycles. The number of aryl methyl sites for hydroxylation is 1. The molecule has 0 spiro atoms. The Hall–Kier alpha value is -4.91. The first-order chi connectivity index (χ1) is 20.0. The molecule has 12 nitrogen and oxygen atoms in total. The number of pyridine rings is 2. The lowest BCUT2D eigenvalue weighted by Crippen LogP contribution is -2.21. The van der Waals surface area contributed by atoms with Gasteiger partial charge in [-0.1, -0.05) is 20.8 Å². The first kappa shape index (κ1) is 28.6. The van der Waals surface area contributed by atoms with Gasteiger partial charge in [-0.25, -0.2) is 24.4 Å². The van der Waals surface area contributed by atoms with Crippen molar-refractivity contribution in [1.82, 2.24) is 29.7 Å². The lowest BCUT2D eigenvalue weighted by atomic mass is 9.92. The van der Waals surface area contributed by atoms with E-state index in [1.165, 1.54) is 18.0 Å². The van der Waals surface area contributed by atoms with Crippen LogP contribution < -0.4 is 25.7 Å². The maximum atomic E-state index is 13.2. The molecule has 2 amide bonds. The van der Waals surface area contributed by atoms with Gasteiger partial charge in [-0.3, -0.25) is 10.1 Å². The number of nitrogens with one attached hydrogen (secondary N) is 3. The summed E-state index contributed by atoms with van der Waals surface area (Å²) in [6.07, 6.45) is 5.07. The highest BCUT2D eigenvalue weighted by atomic mass is 32.2. The number of aromatic nitrogens is 6. The van der Waals surface area contributed by atoms with Crippen LogP contribution in [0.1, 0.15) is 32.2 Å². The van der Waals surface area contributed by atoms with Gasteiger partial charge in [0.2, 0.25) is 5.88 Å². The molecule has 0 unspecified atom stereocenters. The van der Waals surface area contributed by atoms with E-state index in [9.17, 15) is 9.59 Å². The molecule has 13 heteroatoms. The van der Waals surface area contributed by atoms with E-state index >= 15 is 0 Å². The summed E-state index contributed by atoms with van der Waals surface area (Å²) in [4.78, 5) is 41.4. The molecule has 42 heavy (non-hydrogen) atoms. The molecule has 0 bridgehead atoms. The molecule has 0 saturated carbocycles. The van der Waals surface area contributed by atoms with Crippen LogP contribution in [0.15, 0.2) is 64.5 Å². The number of rotatable bonds is 7. The molecule has 0 aliphatic heterocycles. The standard InChI is InChI=1S/C29H30N8O4S/c1-16-27(38)35-26-25(32-16)20(11-12-30-26)41-18-8-9-19(21(13-18)42-6)33-28(39)34-23-14-22(29(2,3)4)36-37(23)17-7-10-24(40-5)31-15-17/h7-15H,1-6H3,(H,30,35,38)(H2,33,34,39). The maximum Gasteiger partial charge on any atom is 0.324 e. The third-order valence-electron chi connectivity index (χ3n) is 6.27. The van der Waals surface area contributed by atoms with Crippen molar-refractivity contribution in [2.75, 3.05) is 24.0 Å². The van der Waals surface area contributed by atoms with E-state index in [1.807, 2.05) is 24.5 Å². The van der Waals surface area contributed by atoms with Crippen LogP contribution in [-0.4, -0.2) is 49.1 Å². The van der Waals surface area contributed by atoms with E-state index in [1.54, 1.807) is 49.2 Å². The van der Waals surface area contributed by atoms with Crippen molar-refractivity contribution < 1.29 is 14.3 Å². The van der Waals surface area contributed by atoms with Crippen LogP contribution >= 0.6 is 11.8 Å². The van der Waals surface area contributed by atoms with Gasteiger partial charge < -0.3 is 19.8 Å². The second-order valence-corrected chi connectivity index (χ2v) is 11.2. The SMILES string of the molecule is COc1ccc(-n2nc(C(C)(C)C)cc2NC(=O)Nc2ccc(Oc3ccnc4[nH]c(=O)c(C)nc34)cc2SC)cn1. The van der Waals surface area contributed by atoms with E-state index in [0.717, 1.165) is 10.6 Å². The number of H-pyrrole nitrogens is 1. The highest BCUT2D eigenvalue weighted by molar-refractivity contribution is 7.98. The topological polar surface area (TPSA) is 149 Å². The summed E-state index contributed by atoms with van der Waals surface area (Å²) in [5.74, 6) is 1.94. The fourth-order valence-electron chi connectivity index (χ4n) is 4.02. The fourth-order valence-corrected chi connectivity index (χ4v) is 4.59. The van der Waals surface area contributed by atoms with E-state index < -0.39 is 6.03 Å². The number of fused-ring (bicyclic) bond motifs is 1. The Labute approximate surface area is 245 Å². The number of carbonyl (C=O) groups is 1. The number of ether oxygens (including phenoxy) is 2. The fraction of sp³-hybridized carbons (Fsp3) is 0.241. The summed E-state index contributed by atoms with van der Waals surface area (Å²) in [7, 11) is 1.55. The number of carbonyl (C=O) groups excluding carboxylic acids is 1.